The summed E-state index contributed by atoms with van der Waals surface area (Å²) in [5.74, 6) is 0.164. The van der Waals surface area contributed by atoms with E-state index >= 15 is 0 Å². The summed E-state index contributed by atoms with van der Waals surface area (Å²) in [6.45, 7) is 4.06. The Kier molecular flexibility index (Phi) is 5.33. The predicted molar refractivity (Wildman–Crippen MR) is 86.6 cm³/mol. The minimum absolute atomic E-state index is 0.0785. The summed E-state index contributed by atoms with van der Waals surface area (Å²) < 4.78 is 0. The van der Waals surface area contributed by atoms with Gasteiger partial charge in [-0.25, -0.2) is 0 Å². The van der Waals surface area contributed by atoms with Crippen molar-refractivity contribution in [2.24, 2.45) is 5.92 Å². The van der Waals surface area contributed by atoms with E-state index in [1.165, 1.54) is 0 Å². The van der Waals surface area contributed by atoms with Crippen molar-refractivity contribution in [2.45, 2.75) is 38.3 Å². The molecule has 4 nitrogen and oxygen atoms in total. The Hall–Kier alpha value is -1.28. The second-order valence-electron chi connectivity index (χ2n) is 6.04. The maximum atomic E-state index is 12.1. The highest BCUT2D eigenvalue weighted by molar-refractivity contribution is 6.42. The van der Waals surface area contributed by atoms with Gasteiger partial charge in [-0.3, -0.25) is 4.79 Å². The molecule has 0 bridgehead atoms. The summed E-state index contributed by atoms with van der Waals surface area (Å²) in [7, 11) is 0. The van der Waals surface area contributed by atoms with Gasteiger partial charge in [-0.2, -0.15) is 5.26 Å². The van der Waals surface area contributed by atoms with Crippen LogP contribution in [0.2, 0.25) is 10.0 Å². The van der Waals surface area contributed by atoms with Crippen LogP contribution in [0.25, 0.3) is 0 Å². The van der Waals surface area contributed by atoms with E-state index in [9.17, 15) is 10.1 Å². The molecule has 0 spiro atoms. The molecule has 1 aromatic carbocycles. The van der Waals surface area contributed by atoms with E-state index < -0.39 is 5.54 Å². The molecule has 2 atom stereocenters. The van der Waals surface area contributed by atoms with Gasteiger partial charge in [0, 0.05) is 5.56 Å². The maximum absolute atomic E-state index is 12.1. The largest absolute Gasteiger partial charge is 0.333 e. The molecule has 0 aromatic heterocycles. The highest BCUT2D eigenvalue weighted by Crippen LogP contribution is 2.39. The van der Waals surface area contributed by atoms with Gasteiger partial charge in [0.25, 0.3) is 5.91 Å². The molecule has 0 radical (unpaired) electrons. The first-order valence-corrected chi connectivity index (χ1v) is 8.12. The van der Waals surface area contributed by atoms with Gasteiger partial charge < -0.3 is 10.6 Å². The highest BCUT2D eigenvalue weighted by atomic mass is 35.5. The lowest BCUT2D eigenvalue weighted by atomic mass is 9.98. The van der Waals surface area contributed by atoms with Crippen LogP contribution >= 0.6 is 23.2 Å². The zero-order valence-corrected chi connectivity index (χ0v) is 14.2. The Bertz CT molecular complexity index is 610. The summed E-state index contributed by atoms with van der Waals surface area (Å²) in [6, 6.07) is 7.77. The molecule has 1 fully saturated rings. The number of nitrogens with one attached hydrogen (secondary N) is 1. The third-order valence-corrected chi connectivity index (χ3v) is 4.89. The van der Waals surface area contributed by atoms with Crippen LogP contribution in [-0.4, -0.2) is 18.0 Å². The van der Waals surface area contributed by atoms with Crippen molar-refractivity contribution >= 4 is 29.1 Å². The molecule has 0 heterocycles. The van der Waals surface area contributed by atoms with Crippen LogP contribution in [0, 0.1) is 17.2 Å². The number of nitrogens with two attached hydrogens (primary N) is 1. The number of rotatable bonds is 6. The van der Waals surface area contributed by atoms with Crippen molar-refractivity contribution < 1.29 is 10.1 Å². The summed E-state index contributed by atoms with van der Waals surface area (Å²) >= 11 is 11.9. The number of hydrogen-bond donors (Lipinski definition) is 2. The smallest absolute Gasteiger partial charge is 0.276 e. The van der Waals surface area contributed by atoms with E-state index in [1.807, 2.05) is 24.4 Å². The van der Waals surface area contributed by atoms with Crippen LogP contribution in [0.5, 0.6) is 0 Å². The first-order valence-electron chi connectivity index (χ1n) is 7.36. The van der Waals surface area contributed by atoms with Crippen molar-refractivity contribution in [1.82, 2.24) is 5.32 Å². The van der Waals surface area contributed by atoms with Crippen molar-refractivity contribution in [2.75, 3.05) is 6.54 Å². The minimum Gasteiger partial charge on any atom is -0.333 e. The number of hydrogen-bond acceptors (Lipinski definition) is 2. The standard InChI is InChI=1S/C16H19Cl2N3O/c1-10(11-3-6-13(17)14(18)7-11)20-8-15(22)21-16(2,9-19)12-4-5-12/h3,6-7,10,12,20H,4-5,8H2,1-2H3,(H,21,22)/p+1/t10-,16+/m1/s1. The molecular formula is C16H20Cl2N3O+. The average Bonchev–Trinajstić information content (AvgIpc) is 3.32. The Morgan fingerprint density at radius 1 is 1.50 bits per heavy atom. The molecule has 22 heavy (non-hydrogen) atoms. The Labute approximate surface area is 140 Å². The molecule has 118 valence electrons. The van der Waals surface area contributed by atoms with Crippen LogP contribution < -0.4 is 10.6 Å². The molecule has 1 amide bonds. The van der Waals surface area contributed by atoms with Gasteiger partial charge in [-0.1, -0.05) is 29.3 Å². The van der Waals surface area contributed by atoms with E-state index in [0.29, 0.717) is 10.0 Å². The van der Waals surface area contributed by atoms with Gasteiger partial charge in [0.1, 0.15) is 11.6 Å². The van der Waals surface area contributed by atoms with Gasteiger partial charge >= 0.3 is 0 Å². The summed E-state index contributed by atoms with van der Waals surface area (Å²) in [6.07, 6.45) is 2.02. The molecule has 0 aliphatic heterocycles. The fourth-order valence-electron chi connectivity index (χ4n) is 2.44. The van der Waals surface area contributed by atoms with E-state index in [2.05, 4.69) is 11.4 Å². The van der Waals surface area contributed by atoms with Crippen LogP contribution in [0.15, 0.2) is 18.2 Å². The molecule has 1 aliphatic rings. The van der Waals surface area contributed by atoms with Gasteiger partial charge in [-0.05, 0) is 44.7 Å². The van der Waals surface area contributed by atoms with Crippen molar-refractivity contribution in [3.05, 3.63) is 33.8 Å². The van der Waals surface area contributed by atoms with E-state index in [-0.39, 0.29) is 24.4 Å². The maximum Gasteiger partial charge on any atom is 0.276 e. The summed E-state index contributed by atoms with van der Waals surface area (Å²) in [5.41, 5.74) is 0.269. The highest BCUT2D eigenvalue weighted by Gasteiger charge is 2.43. The van der Waals surface area contributed by atoms with Crippen LogP contribution in [0.4, 0.5) is 0 Å². The number of nitrogens with zero attached hydrogens (tertiary/aromatic N) is 1. The third-order valence-electron chi connectivity index (χ3n) is 4.15. The van der Waals surface area contributed by atoms with E-state index in [0.717, 1.165) is 18.4 Å². The number of quaternary nitrogens is 1. The molecule has 0 unspecified atom stereocenters. The first-order chi connectivity index (χ1) is 10.4. The molecule has 1 aromatic rings. The fraction of sp³-hybridized carbons (Fsp3) is 0.500. The predicted octanol–water partition coefficient (Wildman–Crippen LogP) is 2.43. The van der Waals surface area contributed by atoms with Gasteiger partial charge in [-0.15, -0.1) is 0 Å². The molecule has 2 rings (SSSR count). The van der Waals surface area contributed by atoms with Crippen LogP contribution in [0.3, 0.4) is 0 Å². The Balaban J connectivity index is 1.87. The molecule has 6 heteroatoms. The number of benzene rings is 1. The number of amides is 1. The Morgan fingerprint density at radius 2 is 2.18 bits per heavy atom. The zero-order valence-electron chi connectivity index (χ0n) is 12.7. The van der Waals surface area contributed by atoms with E-state index in [1.54, 1.807) is 13.0 Å². The normalized spacial score (nSPS) is 18.1. The number of carbonyl (C=O) groups is 1. The van der Waals surface area contributed by atoms with Crippen molar-refractivity contribution in [3.63, 3.8) is 0 Å². The number of halogens is 2. The third kappa shape index (κ3) is 4.13. The SMILES string of the molecule is C[C@@H]([NH2+]CC(=O)N[C@@](C)(C#N)C1CC1)c1ccc(Cl)c(Cl)c1. The monoisotopic (exact) mass is 340 g/mol. The average molecular weight is 341 g/mol. The molecule has 3 N–H and O–H groups in total. The van der Waals surface area contributed by atoms with Gasteiger partial charge in [0.15, 0.2) is 6.54 Å². The quantitative estimate of drug-likeness (QED) is 0.834. The lowest BCUT2D eigenvalue weighted by Gasteiger charge is -2.22. The van der Waals surface area contributed by atoms with Gasteiger partial charge in [0.2, 0.25) is 0 Å². The topological polar surface area (TPSA) is 69.5 Å². The van der Waals surface area contributed by atoms with Crippen LogP contribution in [-0.2, 0) is 4.79 Å². The molecular weight excluding hydrogens is 321 g/mol. The summed E-state index contributed by atoms with van der Waals surface area (Å²) in [4.78, 5) is 12.1. The zero-order chi connectivity index (χ0) is 16.3. The number of nitriles is 1. The van der Waals surface area contributed by atoms with Crippen molar-refractivity contribution in [1.29, 1.82) is 5.26 Å². The molecule has 0 saturated heterocycles. The minimum atomic E-state index is -0.738. The lowest BCUT2D eigenvalue weighted by Crippen LogP contribution is -2.87. The fourth-order valence-corrected chi connectivity index (χ4v) is 2.74. The van der Waals surface area contributed by atoms with Crippen LogP contribution in [0.1, 0.15) is 38.3 Å². The first kappa shape index (κ1) is 17.1. The van der Waals surface area contributed by atoms with Gasteiger partial charge in [0.05, 0.1) is 16.1 Å². The second kappa shape index (κ2) is 6.87. The summed E-state index contributed by atoms with van der Waals surface area (Å²) in [5, 5.41) is 15.1. The second-order valence-corrected chi connectivity index (χ2v) is 6.85. The Morgan fingerprint density at radius 3 is 2.73 bits per heavy atom. The molecule has 1 saturated carbocycles. The number of carbonyl (C=O) groups excluding carboxylic acids is 1. The van der Waals surface area contributed by atoms with Crippen molar-refractivity contribution in [3.8, 4) is 6.07 Å². The van der Waals surface area contributed by atoms with E-state index in [4.69, 9.17) is 23.2 Å². The lowest BCUT2D eigenvalue weighted by molar-refractivity contribution is -0.682. The molecule has 1 aliphatic carbocycles.